The SMILES string of the molecule is NCC1(c2nc(-c3ccc(F)c(Br)c3)no2)CCCCC1. The average molecular weight is 354 g/mol. The lowest BCUT2D eigenvalue weighted by Crippen LogP contribution is -2.37. The van der Waals surface area contributed by atoms with Crippen molar-refractivity contribution in [3.63, 3.8) is 0 Å². The van der Waals surface area contributed by atoms with Gasteiger partial charge >= 0.3 is 0 Å². The fourth-order valence-electron chi connectivity index (χ4n) is 2.93. The van der Waals surface area contributed by atoms with Gasteiger partial charge in [-0.25, -0.2) is 4.39 Å². The van der Waals surface area contributed by atoms with Gasteiger partial charge in [-0.1, -0.05) is 24.4 Å². The first-order valence-corrected chi connectivity index (χ1v) is 7.94. The molecule has 0 saturated heterocycles. The summed E-state index contributed by atoms with van der Waals surface area (Å²) in [5.41, 5.74) is 6.51. The van der Waals surface area contributed by atoms with Crippen molar-refractivity contribution in [3.8, 4) is 11.4 Å². The summed E-state index contributed by atoms with van der Waals surface area (Å²) in [4.78, 5) is 4.52. The maximum atomic E-state index is 13.3. The Balaban J connectivity index is 1.93. The predicted octanol–water partition coefficient (Wildman–Crippen LogP) is 3.80. The van der Waals surface area contributed by atoms with Crippen molar-refractivity contribution in [1.29, 1.82) is 0 Å². The molecule has 1 saturated carbocycles. The largest absolute Gasteiger partial charge is 0.338 e. The molecule has 2 N–H and O–H groups in total. The molecule has 3 rings (SSSR count). The Hall–Kier alpha value is -1.27. The lowest BCUT2D eigenvalue weighted by atomic mass is 9.74. The standard InChI is InChI=1S/C15H17BrFN3O/c16-11-8-10(4-5-12(11)17)13-19-14(21-20-13)15(9-18)6-2-1-3-7-15/h4-5,8H,1-3,6-7,9,18H2. The first kappa shape index (κ1) is 14.7. The highest BCUT2D eigenvalue weighted by Gasteiger charge is 2.38. The molecule has 1 heterocycles. The van der Waals surface area contributed by atoms with Crippen molar-refractivity contribution in [2.45, 2.75) is 37.5 Å². The van der Waals surface area contributed by atoms with Crippen molar-refractivity contribution in [2.75, 3.05) is 6.54 Å². The molecular weight excluding hydrogens is 337 g/mol. The first-order chi connectivity index (χ1) is 10.1. The maximum Gasteiger partial charge on any atom is 0.234 e. The Morgan fingerprint density at radius 2 is 2.05 bits per heavy atom. The summed E-state index contributed by atoms with van der Waals surface area (Å²) in [5.74, 6) is 0.775. The number of nitrogens with zero attached hydrogens (tertiary/aromatic N) is 2. The van der Waals surface area contributed by atoms with Crippen molar-refractivity contribution < 1.29 is 8.91 Å². The van der Waals surface area contributed by atoms with Crippen LogP contribution in [-0.4, -0.2) is 16.7 Å². The van der Waals surface area contributed by atoms with Crippen LogP contribution in [0.3, 0.4) is 0 Å². The molecule has 1 aromatic carbocycles. The third-order valence-corrected chi connectivity index (χ3v) is 4.87. The summed E-state index contributed by atoms with van der Waals surface area (Å²) < 4.78 is 19.2. The Morgan fingerprint density at radius 3 is 2.71 bits per heavy atom. The number of benzene rings is 1. The maximum absolute atomic E-state index is 13.3. The summed E-state index contributed by atoms with van der Waals surface area (Å²) in [5, 5.41) is 4.04. The van der Waals surface area contributed by atoms with E-state index in [0.717, 1.165) is 31.2 Å². The number of halogens is 2. The van der Waals surface area contributed by atoms with Gasteiger partial charge in [0.1, 0.15) is 5.82 Å². The minimum Gasteiger partial charge on any atom is -0.338 e. The zero-order valence-corrected chi connectivity index (χ0v) is 13.2. The van der Waals surface area contributed by atoms with Crippen LogP contribution in [0, 0.1) is 5.82 Å². The number of rotatable bonds is 3. The second kappa shape index (κ2) is 5.85. The van der Waals surface area contributed by atoms with E-state index in [1.807, 2.05) is 0 Å². The topological polar surface area (TPSA) is 64.9 Å². The molecular formula is C15H17BrFN3O. The van der Waals surface area contributed by atoms with E-state index in [0.29, 0.717) is 22.7 Å². The molecule has 1 aliphatic carbocycles. The monoisotopic (exact) mass is 353 g/mol. The van der Waals surface area contributed by atoms with Crippen LogP contribution < -0.4 is 5.73 Å². The van der Waals surface area contributed by atoms with E-state index in [1.165, 1.54) is 12.5 Å². The lowest BCUT2D eigenvalue weighted by Gasteiger charge is -2.32. The smallest absolute Gasteiger partial charge is 0.234 e. The Bertz CT molecular complexity index is 638. The average Bonchev–Trinajstić information content (AvgIpc) is 3.01. The van der Waals surface area contributed by atoms with Crippen molar-refractivity contribution in [3.05, 3.63) is 34.4 Å². The van der Waals surface area contributed by atoms with Gasteiger partial charge in [0.15, 0.2) is 0 Å². The molecule has 0 bridgehead atoms. The molecule has 1 aromatic heterocycles. The number of hydrogen-bond donors (Lipinski definition) is 1. The first-order valence-electron chi connectivity index (χ1n) is 7.14. The molecule has 0 radical (unpaired) electrons. The van der Waals surface area contributed by atoms with Gasteiger partial charge in [0, 0.05) is 12.1 Å². The lowest BCUT2D eigenvalue weighted by molar-refractivity contribution is 0.220. The van der Waals surface area contributed by atoms with E-state index in [-0.39, 0.29) is 11.2 Å². The van der Waals surface area contributed by atoms with Gasteiger partial charge in [0.2, 0.25) is 11.7 Å². The molecule has 0 aliphatic heterocycles. The highest BCUT2D eigenvalue weighted by molar-refractivity contribution is 9.10. The Kier molecular flexibility index (Phi) is 4.08. The van der Waals surface area contributed by atoms with Gasteiger partial charge in [0.25, 0.3) is 0 Å². The van der Waals surface area contributed by atoms with E-state index in [4.69, 9.17) is 10.3 Å². The number of aromatic nitrogens is 2. The number of nitrogens with two attached hydrogens (primary N) is 1. The molecule has 2 aromatic rings. The third-order valence-electron chi connectivity index (χ3n) is 4.26. The second-order valence-electron chi connectivity index (χ2n) is 5.60. The van der Waals surface area contributed by atoms with Gasteiger partial charge in [-0.15, -0.1) is 0 Å². The van der Waals surface area contributed by atoms with E-state index >= 15 is 0 Å². The van der Waals surface area contributed by atoms with Gasteiger partial charge in [-0.2, -0.15) is 4.98 Å². The minimum atomic E-state index is -0.312. The van der Waals surface area contributed by atoms with Crippen LogP contribution in [0.1, 0.15) is 38.0 Å². The van der Waals surface area contributed by atoms with E-state index in [9.17, 15) is 4.39 Å². The van der Waals surface area contributed by atoms with E-state index in [2.05, 4.69) is 26.1 Å². The predicted molar refractivity (Wildman–Crippen MR) is 81.2 cm³/mol. The van der Waals surface area contributed by atoms with Crippen molar-refractivity contribution in [2.24, 2.45) is 5.73 Å². The molecule has 0 unspecified atom stereocenters. The van der Waals surface area contributed by atoms with Gasteiger partial charge in [-0.05, 0) is 47.0 Å². The van der Waals surface area contributed by atoms with Crippen LogP contribution in [0.25, 0.3) is 11.4 Å². The summed E-state index contributed by atoms with van der Waals surface area (Å²) >= 11 is 3.17. The van der Waals surface area contributed by atoms with Gasteiger partial charge in [-0.3, -0.25) is 0 Å². The van der Waals surface area contributed by atoms with Crippen LogP contribution in [-0.2, 0) is 5.41 Å². The zero-order valence-electron chi connectivity index (χ0n) is 11.6. The molecule has 0 amide bonds. The molecule has 21 heavy (non-hydrogen) atoms. The molecule has 112 valence electrons. The third kappa shape index (κ3) is 2.74. The highest BCUT2D eigenvalue weighted by atomic mass is 79.9. The van der Waals surface area contributed by atoms with Crippen molar-refractivity contribution >= 4 is 15.9 Å². The molecule has 1 fully saturated rings. The minimum absolute atomic E-state index is 0.194. The molecule has 0 spiro atoms. The fraction of sp³-hybridized carbons (Fsp3) is 0.467. The summed E-state index contributed by atoms with van der Waals surface area (Å²) in [6, 6.07) is 4.68. The van der Waals surface area contributed by atoms with Crippen LogP contribution in [0.2, 0.25) is 0 Å². The quantitative estimate of drug-likeness (QED) is 0.911. The van der Waals surface area contributed by atoms with E-state index in [1.54, 1.807) is 12.1 Å². The Labute approximate surface area is 131 Å². The van der Waals surface area contributed by atoms with Crippen LogP contribution in [0.5, 0.6) is 0 Å². The van der Waals surface area contributed by atoms with Crippen LogP contribution >= 0.6 is 15.9 Å². The summed E-state index contributed by atoms with van der Waals surface area (Å²) in [6.07, 6.45) is 5.47. The zero-order chi connectivity index (χ0) is 14.9. The number of hydrogen-bond acceptors (Lipinski definition) is 4. The van der Waals surface area contributed by atoms with Crippen molar-refractivity contribution in [1.82, 2.24) is 10.1 Å². The van der Waals surface area contributed by atoms with Gasteiger partial charge < -0.3 is 10.3 Å². The molecule has 4 nitrogen and oxygen atoms in total. The van der Waals surface area contributed by atoms with E-state index < -0.39 is 0 Å². The highest BCUT2D eigenvalue weighted by Crippen LogP contribution is 2.38. The molecule has 6 heteroatoms. The normalized spacial score (nSPS) is 17.9. The second-order valence-corrected chi connectivity index (χ2v) is 6.45. The van der Waals surface area contributed by atoms with Crippen LogP contribution in [0.15, 0.2) is 27.2 Å². The molecule has 1 aliphatic rings. The fourth-order valence-corrected chi connectivity index (χ4v) is 3.30. The summed E-state index contributed by atoms with van der Waals surface area (Å²) in [6.45, 7) is 0.516. The summed E-state index contributed by atoms with van der Waals surface area (Å²) in [7, 11) is 0. The molecule has 0 atom stereocenters. The van der Waals surface area contributed by atoms with Gasteiger partial charge in [0.05, 0.1) is 9.89 Å². The van der Waals surface area contributed by atoms with Crippen LogP contribution in [0.4, 0.5) is 4.39 Å². The Morgan fingerprint density at radius 1 is 1.29 bits per heavy atom.